The smallest absolute Gasteiger partial charge is 0.403 e. The number of rotatable bonds is 3. The number of carbonyl (C=O) groups is 1. The lowest BCUT2D eigenvalue weighted by atomic mass is 9.89. The highest BCUT2D eigenvalue weighted by Crippen LogP contribution is 2.30. The molecule has 0 amide bonds. The van der Waals surface area contributed by atoms with Crippen LogP contribution in [0, 0.1) is 5.92 Å². The highest BCUT2D eigenvalue weighted by atomic mass is 19.4. The molecule has 0 bridgehead atoms. The number of piperidine rings is 1. The number of carbonyl (C=O) groups excluding carboxylic acids is 1. The van der Waals surface area contributed by atoms with Gasteiger partial charge < -0.3 is 10.1 Å². The molecular weight excluding hydrogens is 223 g/mol. The maximum absolute atomic E-state index is 12.4. The van der Waals surface area contributed by atoms with Crippen molar-refractivity contribution in [2.45, 2.75) is 38.4 Å². The Kier molecular flexibility index (Phi) is 4.58. The number of hydrogen-bond acceptors (Lipinski definition) is 3. The van der Waals surface area contributed by atoms with Crippen LogP contribution in [0.25, 0.3) is 0 Å². The van der Waals surface area contributed by atoms with E-state index in [-0.39, 0.29) is 25.4 Å². The van der Waals surface area contributed by atoms with Gasteiger partial charge in [0.25, 0.3) is 0 Å². The number of halogens is 3. The largest absolute Gasteiger partial charge is 0.466 e. The summed E-state index contributed by atoms with van der Waals surface area (Å²) in [4.78, 5) is 11.1. The van der Waals surface area contributed by atoms with E-state index in [4.69, 9.17) is 4.74 Å². The number of hydrogen-bond donors (Lipinski definition) is 1. The molecule has 0 aromatic heterocycles. The third-order valence-corrected chi connectivity index (χ3v) is 2.67. The van der Waals surface area contributed by atoms with E-state index in [1.54, 1.807) is 6.92 Å². The van der Waals surface area contributed by atoms with E-state index in [1.807, 2.05) is 0 Å². The zero-order valence-electron chi connectivity index (χ0n) is 9.14. The van der Waals surface area contributed by atoms with Gasteiger partial charge in [-0.25, -0.2) is 0 Å². The van der Waals surface area contributed by atoms with Crippen LogP contribution < -0.4 is 5.32 Å². The van der Waals surface area contributed by atoms with Crippen molar-refractivity contribution in [3.8, 4) is 0 Å². The SMILES string of the molecule is CCOC(=O)C[C@@H]1CCN[C@H](C(F)(F)F)C1. The minimum atomic E-state index is -4.23. The molecule has 1 aliphatic heterocycles. The van der Waals surface area contributed by atoms with Gasteiger partial charge in [0.05, 0.1) is 6.61 Å². The quantitative estimate of drug-likeness (QED) is 0.764. The Morgan fingerprint density at radius 2 is 2.19 bits per heavy atom. The summed E-state index contributed by atoms with van der Waals surface area (Å²) in [5.41, 5.74) is 0. The van der Waals surface area contributed by atoms with Crippen LogP contribution >= 0.6 is 0 Å². The first-order valence-corrected chi connectivity index (χ1v) is 5.39. The molecule has 6 heteroatoms. The molecular formula is C10H16F3NO2. The zero-order chi connectivity index (χ0) is 12.2. The molecule has 2 atom stereocenters. The topological polar surface area (TPSA) is 38.3 Å². The maximum atomic E-state index is 12.4. The van der Waals surface area contributed by atoms with Crippen LogP contribution in [0.5, 0.6) is 0 Å². The van der Waals surface area contributed by atoms with Crippen molar-refractivity contribution in [1.82, 2.24) is 5.32 Å². The predicted molar refractivity (Wildman–Crippen MR) is 51.8 cm³/mol. The Balaban J connectivity index is 2.42. The second kappa shape index (κ2) is 5.52. The molecule has 1 aliphatic rings. The second-order valence-electron chi connectivity index (χ2n) is 3.95. The van der Waals surface area contributed by atoms with Crippen LogP contribution in [0.1, 0.15) is 26.2 Å². The van der Waals surface area contributed by atoms with E-state index >= 15 is 0 Å². The molecule has 1 rings (SSSR count). The van der Waals surface area contributed by atoms with Crippen molar-refractivity contribution in [1.29, 1.82) is 0 Å². The van der Waals surface area contributed by atoms with E-state index in [0.29, 0.717) is 13.0 Å². The maximum Gasteiger partial charge on any atom is 0.403 e. The van der Waals surface area contributed by atoms with E-state index in [0.717, 1.165) is 0 Å². The number of alkyl halides is 3. The average Bonchev–Trinajstić information content (AvgIpc) is 2.17. The molecule has 0 saturated carbocycles. The molecule has 1 fully saturated rings. The summed E-state index contributed by atoms with van der Waals surface area (Å²) in [6.45, 7) is 2.25. The Morgan fingerprint density at radius 3 is 2.75 bits per heavy atom. The van der Waals surface area contributed by atoms with Crippen molar-refractivity contribution < 1.29 is 22.7 Å². The first kappa shape index (κ1) is 13.3. The molecule has 94 valence electrons. The molecule has 16 heavy (non-hydrogen) atoms. The molecule has 3 nitrogen and oxygen atoms in total. The molecule has 1 saturated heterocycles. The van der Waals surface area contributed by atoms with Gasteiger partial charge in [-0.15, -0.1) is 0 Å². The summed E-state index contributed by atoms with van der Waals surface area (Å²) in [5, 5.41) is 2.42. The third kappa shape index (κ3) is 4.00. The van der Waals surface area contributed by atoms with Gasteiger partial charge >= 0.3 is 12.1 Å². The van der Waals surface area contributed by atoms with E-state index in [1.165, 1.54) is 0 Å². The van der Waals surface area contributed by atoms with Crippen LogP contribution in [-0.4, -0.2) is 31.3 Å². The van der Waals surface area contributed by atoms with Crippen LogP contribution in [0.3, 0.4) is 0 Å². The van der Waals surface area contributed by atoms with Crippen molar-refractivity contribution in [3.05, 3.63) is 0 Å². The number of nitrogens with one attached hydrogen (secondary N) is 1. The van der Waals surface area contributed by atoms with E-state index in [9.17, 15) is 18.0 Å². The minimum Gasteiger partial charge on any atom is -0.466 e. The molecule has 0 aromatic rings. The van der Waals surface area contributed by atoms with Gasteiger partial charge in [0.15, 0.2) is 0 Å². The molecule has 1 N–H and O–H groups in total. The number of ether oxygens (including phenoxy) is 1. The van der Waals surface area contributed by atoms with Crippen molar-refractivity contribution >= 4 is 5.97 Å². The van der Waals surface area contributed by atoms with Gasteiger partial charge in [-0.05, 0) is 32.2 Å². The Labute approximate surface area is 92.3 Å². The molecule has 1 heterocycles. The predicted octanol–water partition coefficient (Wildman–Crippen LogP) is 1.87. The third-order valence-electron chi connectivity index (χ3n) is 2.67. The van der Waals surface area contributed by atoms with E-state index in [2.05, 4.69) is 5.32 Å². The standard InChI is InChI=1S/C10H16F3NO2/c1-2-16-9(15)6-7-3-4-14-8(5-7)10(11,12)13/h7-8,14H,2-6H2,1H3/t7-,8+/m1/s1. The molecule has 0 radical (unpaired) electrons. The van der Waals surface area contributed by atoms with Crippen molar-refractivity contribution in [3.63, 3.8) is 0 Å². The average molecular weight is 239 g/mol. The zero-order valence-corrected chi connectivity index (χ0v) is 9.14. The van der Waals surface area contributed by atoms with Gasteiger partial charge in [-0.2, -0.15) is 13.2 Å². The lowest BCUT2D eigenvalue weighted by Crippen LogP contribution is -2.48. The monoisotopic (exact) mass is 239 g/mol. The fraction of sp³-hybridized carbons (Fsp3) is 0.900. The van der Waals surface area contributed by atoms with Crippen LogP contribution in [0.2, 0.25) is 0 Å². The van der Waals surface area contributed by atoms with Crippen molar-refractivity contribution in [2.24, 2.45) is 5.92 Å². The molecule has 0 aliphatic carbocycles. The van der Waals surface area contributed by atoms with E-state index < -0.39 is 18.2 Å². The highest BCUT2D eigenvalue weighted by Gasteiger charge is 2.42. The highest BCUT2D eigenvalue weighted by molar-refractivity contribution is 5.69. The first-order chi connectivity index (χ1) is 7.43. The molecule has 0 unspecified atom stereocenters. The Bertz CT molecular complexity index is 243. The lowest BCUT2D eigenvalue weighted by Gasteiger charge is -2.31. The lowest BCUT2D eigenvalue weighted by molar-refractivity contribution is -0.166. The summed E-state index contributed by atoms with van der Waals surface area (Å²) in [6, 6.07) is -1.49. The summed E-state index contributed by atoms with van der Waals surface area (Å²) in [6.07, 6.45) is -3.59. The van der Waals surface area contributed by atoms with Gasteiger partial charge in [-0.1, -0.05) is 0 Å². The van der Waals surface area contributed by atoms with Gasteiger partial charge in [-0.3, -0.25) is 4.79 Å². The van der Waals surface area contributed by atoms with Crippen LogP contribution in [0.4, 0.5) is 13.2 Å². The molecule has 0 aromatic carbocycles. The van der Waals surface area contributed by atoms with Gasteiger partial charge in [0.2, 0.25) is 0 Å². The Morgan fingerprint density at radius 1 is 1.50 bits per heavy atom. The summed E-state index contributed by atoms with van der Waals surface area (Å²) < 4.78 is 42.0. The van der Waals surface area contributed by atoms with Crippen LogP contribution in [-0.2, 0) is 9.53 Å². The van der Waals surface area contributed by atoms with Gasteiger partial charge in [0.1, 0.15) is 6.04 Å². The van der Waals surface area contributed by atoms with Crippen LogP contribution in [0.15, 0.2) is 0 Å². The van der Waals surface area contributed by atoms with Crippen molar-refractivity contribution in [2.75, 3.05) is 13.2 Å². The normalized spacial score (nSPS) is 26.5. The fourth-order valence-electron chi connectivity index (χ4n) is 1.89. The first-order valence-electron chi connectivity index (χ1n) is 5.39. The summed E-state index contributed by atoms with van der Waals surface area (Å²) in [7, 11) is 0. The van der Waals surface area contributed by atoms with Gasteiger partial charge in [0, 0.05) is 6.42 Å². The fourth-order valence-corrected chi connectivity index (χ4v) is 1.89. The molecule has 0 spiro atoms. The minimum absolute atomic E-state index is 0.0394. The summed E-state index contributed by atoms with van der Waals surface area (Å²) in [5.74, 6) is -0.637. The second-order valence-corrected chi connectivity index (χ2v) is 3.95. The number of esters is 1. The Hall–Kier alpha value is -0.780. The summed E-state index contributed by atoms with van der Waals surface area (Å²) >= 11 is 0.